The van der Waals surface area contributed by atoms with E-state index in [9.17, 15) is 0 Å². The largest absolute Gasteiger partial charge is 0.398 e. The van der Waals surface area contributed by atoms with Gasteiger partial charge in [-0.25, -0.2) is 0 Å². The van der Waals surface area contributed by atoms with E-state index in [4.69, 9.17) is 11.5 Å². The van der Waals surface area contributed by atoms with Gasteiger partial charge >= 0.3 is 0 Å². The second-order valence-corrected chi connectivity index (χ2v) is 16.6. The van der Waals surface area contributed by atoms with Crippen LogP contribution in [0.15, 0.2) is 189 Å². The first-order valence-electron chi connectivity index (χ1n) is 23.0. The molecule has 0 spiro atoms. The molecule has 0 saturated heterocycles. The molecule has 65 heavy (non-hydrogen) atoms. The molecule has 8 rings (SSSR count). The van der Waals surface area contributed by atoms with Crippen LogP contribution >= 0.6 is 0 Å². The van der Waals surface area contributed by atoms with Crippen LogP contribution in [-0.2, 0) is 24.7 Å². The smallest absolute Gasteiger partial charge is 0.150 e. The summed E-state index contributed by atoms with van der Waals surface area (Å²) < 4.78 is 0. The van der Waals surface area contributed by atoms with Gasteiger partial charge in [0.05, 0.1) is 0 Å². The lowest BCUT2D eigenvalue weighted by atomic mass is 9.79. The maximum atomic E-state index is 7.04. The van der Waals surface area contributed by atoms with Crippen molar-refractivity contribution in [2.75, 3.05) is 11.1 Å². The lowest BCUT2D eigenvalue weighted by Crippen LogP contribution is -2.43. The molecule has 4 nitrogen and oxygen atoms in total. The van der Waals surface area contributed by atoms with Crippen LogP contribution in [0.25, 0.3) is 39.7 Å². The molecule has 334 valence electrons. The van der Waals surface area contributed by atoms with Crippen LogP contribution in [0.1, 0.15) is 92.0 Å². The minimum Gasteiger partial charge on any atom is -0.398 e. The fourth-order valence-corrected chi connectivity index (χ4v) is 8.93. The Labute approximate surface area is 390 Å². The summed E-state index contributed by atoms with van der Waals surface area (Å²) in [5.74, 6) is 0. The SMILES string of the molecule is C/C(=C\C=C/Cc1c(N)cc(-c2ccccc2NC(N)NC2=C(Cc3ccc4ccccc4c3)C(C)(C)c3ccccc32)c2c1C=CCC2)C/C=C\c1ccccc1C.C=C.C=C.CC. The molecule has 6 aromatic carbocycles. The van der Waals surface area contributed by atoms with Crippen molar-refractivity contribution in [3.8, 4) is 11.1 Å². The van der Waals surface area contributed by atoms with E-state index in [2.05, 4.69) is 229 Å². The average Bonchev–Trinajstić information content (AvgIpc) is 3.54. The molecule has 6 aromatic rings. The first-order chi connectivity index (χ1) is 31.7. The van der Waals surface area contributed by atoms with Crippen LogP contribution in [0, 0.1) is 6.92 Å². The Morgan fingerprint density at radius 1 is 0.769 bits per heavy atom. The molecule has 2 aliphatic rings. The number of nitrogens with one attached hydrogen (secondary N) is 2. The zero-order valence-electron chi connectivity index (χ0n) is 39.7. The van der Waals surface area contributed by atoms with Gasteiger partial charge in [-0.1, -0.05) is 185 Å². The number of hydrogen-bond acceptors (Lipinski definition) is 4. The minimum absolute atomic E-state index is 0.169. The number of nitrogen functional groups attached to an aromatic ring is 1. The molecular formula is C61H70N4. The summed E-state index contributed by atoms with van der Waals surface area (Å²) in [4.78, 5) is 0. The predicted octanol–water partition coefficient (Wildman–Crippen LogP) is 15.3. The summed E-state index contributed by atoms with van der Waals surface area (Å²) in [6.45, 7) is 25.0. The van der Waals surface area contributed by atoms with E-state index in [1.807, 2.05) is 13.8 Å². The van der Waals surface area contributed by atoms with Crippen LogP contribution in [0.2, 0.25) is 0 Å². The Balaban J connectivity index is 0.00000127. The van der Waals surface area contributed by atoms with Crippen molar-refractivity contribution < 1.29 is 0 Å². The van der Waals surface area contributed by atoms with Crippen LogP contribution in [0.4, 0.5) is 11.4 Å². The van der Waals surface area contributed by atoms with Gasteiger partial charge in [0.15, 0.2) is 0 Å². The predicted molar refractivity (Wildman–Crippen MR) is 288 cm³/mol. The van der Waals surface area contributed by atoms with Crippen molar-refractivity contribution in [1.82, 2.24) is 5.32 Å². The first-order valence-corrected chi connectivity index (χ1v) is 23.0. The monoisotopic (exact) mass is 859 g/mol. The number of allylic oxidation sites excluding steroid dienone is 7. The lowest BCUT2D eigenvalue weighted by Gasteiger charge is -2.27. The number of fused-ring (bicyclic) bond motifs is 3. The second-order valence-electron chi connectivity index (χ2n) is 16.6. The minimum atomic E-state index is -0.549. The average molecular weight is 859 g/mol. The van der Waals surface area contributed by atoms with Gasteiger partial charge in [0.2, 0.25) is 0 Å². The maximum Gasteiger partial charge on any atom is 0.150 e. The number of anilines is 2. The molecule has 6 N–H and O–H groups in total. The summed E-state index contributed by atoms with van der Waals surface area (Å²) >= 11 is 0. The number of nitrogens with two attached hydrogens (primary N) is 2. The number of benzene rings is 6. The Hall–Kier alpha value is -6.88. The van der Waals surface area contributed by atoms with Crippen molar-refractivity contribution >= 4 is 40.0 Å². The van der Waals surface area contributed by atoms with Gasteiger partial charge in [0, 0.05) is 33.6 Å². The highest BCUT2D eigenvalue weighted by Crippen LogP contribution is 2.47. The molecule has 0 heterocycles. The summed E-state index contributed by atoms with van der Waals surface area (Å²) in [5.41, 5.74) is 31.7. The van der Waals surface area contributed by atoms with Gasteiger partial charge < -0.3 is 16.4 Å². The Bertz CT molecular complexity index is 2700. The molecule has 1 atom stereocenters. The van der Waals surface area contributed by atoms with Crippen molar-refractivity contribution in [2.45, 2.75) is 85.4 Å². The molecule has 1 unspecified atom stereocenters. The van der Waals surface area contributed by atoms with E-state index in [0.29, 0.717) is 0 Å². The zero-order chi connectivity index (χ0) is 46.9. The third kappa shape index (κ3) is 11.6. The van der Waals surface area contributed by atoms with Gasteiger partial charge in [0.1, 0.15) is 6.29 Å². The standard InChI is InChI=1S/C55H56N4.C2H6.2C2H4/c1-37(19-17-24-40-21-7-6-20-38(40)2)18-5-10-27-45-43-25-11-12-26-44(43)48(36-51(45)56)46-28-14-16-31-52(46)58-54(57)59-53-47-29-13-15-30-49(47)55(3,4)50(53)35-39-32-33-41-22-8-9-23-42(41)34-39;3*1-2/h5-11,13-18,20-25,28-34,36,54,58-59H,12,19,26-27,35,56-57H2,1-4H3;1-2H3;2*1-2H2/b10-5-,24-17-,37-18+;;;. The highest BCUT2D eigenvalue weighted by molar-refractivity contribution is 5.87. The molecule has 0 amide bonds. The van der Waals surface area contributed by atoms with Gasteiger partial charge in [-0.3, -0.25) is 5.73 Å². The molecule has 4 heteroatoms. The quantitative estimate of drug-likeness (QED) is 0.0404. The van der Waals surface area contributed by atoms with E-state index in [-0.39, 0.29) is 5.41 Å². The number of para-hydroxylation sites is 1. The van der Waals surface area contributed by atoms with E-state index in [0.717, 1.165) is 60.3 Å². The Morgan fingerprint density at radius 2 is 1.45 bits per heavy atom. The van der Waals surface area contributed by atoms with Crippen molar-refractivity contribution in [1.29, 1.82) is 0 Å². The summed E-state index contributed by atoms with van der Waals surface area (Å²) in [5, 5.41) is 9.94. The van der Waals surface area contributed by atoms with Crippen LogP contribution in [0.3, 0.4) is 0 Å². The third-order valence-electron chi connectivity index (χ3n) is 12.2. The molecule has 0 fully saturated rings. The summed E-state index contributed by atoms with van der Waals surface area (Å²) in [7, 11) is 0. The normalized spacial score (nSPS) is 14.0. The third-order valence-corrected chi connectivity index (χ3v) is 12.2. The highest BCUT2D eigenvalue weighted by atomic mass is 15.2. The van der Waals surface area contributed by atoms with E-state index >= 15 is 0 Å². The maximum absolute atomic E-state index is 7.04. The van der Waals surface area contributed by atoms with E-state index in [1.165, 1.54) is 66.4 Å². The van der Waals surface area contributed by atoms with Crippen LogP contribution < -0.4 is 22.1 Å². The summed E-state index contributed by atoms with van der Waals surface area (Å²) in [6.07, 6.45) is 19.5. The lowest BCUT2D eigenvalue weighted by molar-refractivity contribution is 0.616. The number of rotatable bonds is 13. The van der Waals surface area contributed by atoms with Gasteiger partial charge in [-0.2, -0.15) is 0 Å². The molecular weight excluding hydrogens is 789 g/mol. The highest BCUT2D eigenvalue weighted by Gasteiger charge is 2.38. The van der Waals surface area contributed by atoms with Crippen LogP contribution in [0.5, 0.6) is 0 Å². The number of hydrogen-bond donors (Lipinski definition) is 4. The molecule has 2 aliphatic carbocycles. The Morgan fingerprint density at radius 3 is 2.22 bits per heavy atom. The fourth-order valence-electron chi connectivity index (χ4n) is 8.93. The Kier molecular flexibility index (Phi) is 17.9. The molecule has 0 saturated carbocycles. The van der Waals surface area contributed by atoms with Gasteiger partial charge in [-0.05, 0) is 119 Å². The molecule has 0 aliphatic heterocycles. The topological polar surface area (TPSA) is 76.1 Å². The summed E-state index contributed by atoms with van der Waals surface area (Å²) in [6, 6.07) is 43.2. The van der Waals surface area contributed by atoms with Crippen molar-refractivity contribution in [2.24, 2.45) is 5.73 Å². The number of aryl methyl sites for hydroxylation is 1. The second kappa shape index (κ2) is 23.7. The van der Waals surface area contributed by atoms with E-state index < -0.39 is 6.29 Å². The fraction of sp³-hybridized carbons (Fsp3) is 0.213. The van der Waals surface area contributed by atoms with Gasteiger partial charge in [-0.15, -0.1) is 26.3 Å². The van der Waals surface area contributed by atoms with Gasteiger partial charge in [0.25, 0.3) is 0 Å². The molecule has 0 bridgehead atoms. The van der Waals surface area contributed by atoms with Crippen molar-refractivity contribution in [3.63, 3.8) is 0 Å². The molecule has 0 aromatic heterocycles. The molecule has 0 radical (unpaired) electrons. The van der Waals surface area contributed by atoms with Crippen molar-refractivity contribution in [3.05, 3.63) is 234 Å². The van der Waals surface area contributed by atoms with Crippen LogP contribution in [-0.4, -0.2) is 6.29 Å². The first kappa shape index (κ1) is 49.1. The van der Waals surface area contributed by atoms with E-state index in [1.54, 1.807) is 0 Å². The zero-order valence-corrected chi connectivity index (χ0v) is 39.7.